The van der Waals surface area contributed by atoms with Gasteiger partial charge in [0.05, 0.1) is 23.7 Å². The highest BCUT2D eigenvalue weighted by molar-refractivity contribution is 7.09. The lowest BCUT2D eigenvalue weighted by molar-refractivity contribution is -0.146. The molecule has 38 heavy (non-hydrogen) atoms. The van der Waals surface area contributed by atoms with E-state index in [1.165, 1.54) is 18.4 Å². The van der Waals surface area contributed by atoms with Gasteiger partial charge in [-0.3, -0.25) is 19.3 Å². The number of thiophene rings is 1. The topological polar surface area (TPSA) is 91.4 Å². The van der Waals surface area contributed by atoms with Crippen molar-refractivity contribution in [3.05, 3.63) is 51.7 Å². The van der Waals surface area contributed by atoms with Gasteiger partial charge in [-0.15, -0.1) is 11.3 Å². The van der Waals surface area contributed by atoms with Crippen molar-refractivity contribution in [1.29, 1.82) is 0 Å². The lowest BCUT2D eigenvalue weighted by atomic mass is 10.1. The lowest BCUT2D eigenvalue weighted by Crippen LogP contribution is -2.60. The highest BCUT2D eigenvalue weighted by Crippen LogP contribution is 2.33. The summed E-state index contributed by atoms with van der Waals surface area (Å²) in [6.45, 7) is 1.51. The fourth-order valence-corrected chi connectivity index (χ4v) is 5.25. The third-order valence-corrected chi connectivity index (χ3v) is 7.30. The molecule has 0 radical (unpaired) electrons. The fourth-order valence-electron chi connectivity index (χ4n) is 4.50. The number of carbonyl (C=O) groups is 3. The van der Waals surface area contributed by atoms with E-state index in [2.05, 4.69) is 5.32 Å². The van der Waals surface area contributed by atoms with Crippen LogP contribution in [0.25, 0.3) is 0 Å². The van der Waals surface area contributed by atoms with Gasteiger partial charge in [0.25, 0.3) is 5.91 Å². The van der Waals surface area contributed by atoms with Crippen molar-refractivity contribution in [2.75, 3.05) is 59.6 Å². The molecule has 1 aromatic heterocycles. The lowest BCUT2D eigenvalue weighted by Gasteiger charge is -2.41. The van der Waals surface area contributed by atoms with Crippen LogP contribution < -0.4 is 10.1 Å². The van der Waals surface area contributed by atoms with Gasteiger partial charge in [0.15, 0.2) is 0 Å². The van der Waals surface area contributed by atoms with Crippen molar-refractivity contribution in [2.24, 2.45) is 0 Å². The van der Waals surface area contributed by atoms with Gasteiger partial charge in [0.1, 0.15) is 19.0 Å². The largest absolute Gasteiger partial charge is 0.491 e. The number of hydrogen-bond donors (Lipinski definition) is 1. The Balaban J connectivity index is 1.64. The number of methoxy groups -OCH3 is 1. The average Bonchev–Trinajstić information content (AvgIpc) is 3.39. The summed E-state index contributed by atoms with van der Waals surface area (Å²) in [6, 6.07) is 6.02. The number of nitrogens with zero attached hydrogens (tertiary/aromatic N) is 3. The number of ether oxygens (including phenoxy) is 2. The summed E-state index contributed by atoms with van der Waals surface area (Å²) >= 11 is 1.54. The molecule has 1 saturated heterocycles. The van der Waals surface area contributed by atoms with Gasteiger partial charge in [-0.1, -0.05) is 6.07 Å². The minimum absolute atomic E-state index is 0.0297. The molecular weight excluding hydrogens is 525 g/mol. The number of benzene rings is 1. The van der Waals surface area contributed by atoms with Crippen LogP contribution in [0.15, 0.2) is 35.7 Å². The molecule has 2 aliphatic heterocycles. The molecule has 0 unspecified atom stereocenters. The Bertz CT molecular complexity index is 1140. The van der Waals surface area contributed by atoms with Crippen molar-refractivity contribution in [3.8, 4) is 5.75 Å². The van der Waals surface area contributed by atoms with Crippen molar-refractivity contribution >= 4 is 29.1 Å². The number of alkyl halides is 3. The van der Waals surface area contributed by atoms with E-state index in [-0.39, 0.29) is 62.5 Å². The number of halogens is 3. The maximum atomic E-state index is 13.4. The first-order valence-corrected chi connectivity index (χ1v) is 13.0. The first-order valence-electron chi connectivity index (χ1n) is 12.1. The van der Waals surface area contributed by atoms with E-state index in [1.54, 1.807) is 9.80 Å². The standard InChI is InChI=1S/C25H29F3N4O5S/c1-36-16-23(34)31-8-9-32-18(12-31)15-37-21-5-4-17(25(26,27)28)11-20(21)24(35)29-6-7-30(14-22(32)33)13-19-3-2-10-38-19/h2-5,10-11,18H,6-9,12-16H2,1H3,(H,29,35)/t18-/m0/s1. The summed E-state index contributed by atoms with van der Waals surface area (Å²) in [7, 11) is 1.42. The summed E-state index contributed by atoms with van der Waals surface area (Å²) in [6.07, 6.45) is -4.64. The van der Waals surface area contributed by atoms with Crippen LogP contribution in [0, 0.1) is 0 Å². The van der Waals surface area contributed by atoms with E-state index in [0.717, 1.165) is 23.1 Å². The fraction of sp³-hybridized carbons (Fsp3) is 0.480. The molecule has 2 aromatic rings. The molecule has 3 heterocycles. The summed E-state index contributed by atoms with van der Waals surface area (Å²) < 4.78 is 51.0. The van der Waals surface area contributed by atoms with E-state index in [0.29, 0.717) is 19.6 Å². The third-order valence-electron chi connectivity index (χ3n) is 6.44. The smallest absolute Gasteiger partial charge is 0.416 e. The summed E-state index contributed by atoms with van der Waals surface area (Å²) in [5, 5.41) is 4.59. The molecule has 2 aliphatic rings. The van der Waals surface area contributed by atoms with Crippen molar-refractivity contribution in [2.45, 2.75) is 18.8 Å². The van der Waals surface area contributed by atoms with E-state index < -0.39 is 23.7 Å². The monoisotopic (exact) mass is 554 g/mol. The molecule has 13 heteroatoms. The second-order valence-electron chi connectivity index (χ2n) is 9.08. The van der Waals surface area contributed by atoms with Crippen molar-refractivity contribution in [1.82, 2.24) is 20.0 Å². The number of nitrogens with one attached hydrogen (secondary N) is 1. The molecule has 0 saturated carbocycles. The predicted octanol–water partition coefficient (Wildman–Crippen LogP) is 2.08. The Morgan fingerprint density at radius 3 is 2.74 bits per heavy atom. The number of piperazine rings is 1. The van der Waals surface area contributed by atoms with Crippen LogP contribution in [0.4, 0.5) is 13.2 Å². The molecule has 0 bridgehead atoms. The molecule has 3 amide bonds. The summed E-state index contributed by atoms with van der Waals surface area (Å²) in [5.74, 6) is -1.13. The minimum Gasteiger partial charge on any atom is -0.491 e. The number of hydrogen-bond acceptors (Lipinski definition) is 7. The Labute approximate surface area is 222 Å². The van der Waals surface area contributed by atoms with Crippen LogP contribution in [0.2, 0.25) is 0 Å². The van der Waals surface area contributed by atoms with Crippen LogP contribution >= 0.6 is 11.3 Å². The third kappa shape index (κ3) is 6.83. The molecular formula is C25H29F3N4O5S. The first kappa shape index (κ1) is 27.9. The molecule has 1 atom stereocenters. The summed E-state index contributed by atoms with van der Waals surface area (Å²) in [4.78, 5) is 45.0. The molecule has 9 nitrogen and oxygen atoms in total. The SMILES string of the molecule is COCC(=O)N1CCN2C(=O)CN(Cc3cccs3)CCNC(=O)c3cc(C(F)(F)F)ccc3OC[C@@H]2C1. The van der Waals surface area contributed by atoms with Gasteiger partial charge >= 0.3 is 6.18 Å². The Hall–Kier alpha value is -3.16. The Morgan fingerprint density at radius 1 is 1.21 bits per heavy atom. The van der Waals surface area contributed by atoms with Gasteiger partial charge in [0, 0.05) is 51.3 Å². The predicted molar refractivity (Wildman–Crippen MR) is 133 cm³/mol. The summed E-state index contributed by atoms with van der Waals surface area (Å²) in [5.41, 5.74) is -1.21. The van der Waals surface area contributed by atoms with Crippen LogP contribution in [0.3, 0.4) is 0 Å². The Kier molecular flexibility index (Phi) is 8.90. The quantitative estimate of drug-likeness (QED) is 0.623. The molecule has 1 aromatic carbocycles. The normalized spacial score (nSPS) is 19.8. The van der Waals surface area contributed by atoms with Gasteiger partial charge < -0.3 is 24.6 Å². The van der Waals surface area contributed by atoms with Gasteiger partial charge in [-0.2, -0.15) is 13.2 Å². The van der Waals surface area contributed by atoms with Crippen LogP contribution in [-0.2, 0) is 27.0 Å². The van der Waals surface area contributed by atoms with Crippen LogP contribution in [-0.4, -0.2) is 98.1 Å². The molecule has 4 rings (SSSR count). The number of amides is 3. The average molecular weight is 555 g/mol. The molecule has 206 valence electrons. The number of fused-ring (bicyclic) bond motifs is 2. The number of carbonyl (C=O) groups excluding carboxylic acids is 3. The zero-order valence-corrected chi connectivity index (χ0v) is 21.6. The minimum atomic E-state index is -4.64. The molecule has 1 fully saturated rings. The molecule has 0 aliphatic carbocycles. The first-order chi connectivity index (χ1) is 18.2. The highest BCUT2D eigenvalue weighted by atomic mass is 32.1. The second kappa shape index (κ2) is 12.1. The maximum absolute atomic E-state index is 13.4. The van der Waals surface area contributed by atoms with Crippen LogP contribution in [0.1, 0.15) is 20.8 Å². The van der Waals surface area contributed by atoms with Gasteiger partial charge in [0.2, 0.25) is 11.8 Å². The molecule has 0 spiro atoms. The van der Waals surface area contributed by atoms with E-state index in [4.69, 9.17) is 9.47 Å². The van der Waals surface area contributed by atoms with E-state index in [1.807, 2.05) is 22.4 Å². The zero-order chi connectivity index (χ0) is 27.3. The molecule has 1 N–H and O–H groups in total. The zero-order valence-electron chi connectivity index (χ0n) is 20.8. The highest BCUT2D eigenvalue weighted by Gasteiger charge is 2.35. The van der Waals surface area contributed by atoms with E-state index in [9.17, 15) is 27.6 Å². The van der Waals surface area contributed by atoms with Crippen molar-refractivity contribution in [3.63, 3.8) is 0 Å². The van der Waals surface area contributed by atoms with Gasteiger partial charge in [-0.05, 0) is 29.6 Å². The van der Waals surface area contributed by atoms with Crippen molar-refractivity contribution < 1.29 is 37.0 Å². The number of rotatable bonds is 4. The second-order valence-corrected chi connectivity index (χ2v) is 10.1. The maximum Gasteiger partial charge on any atom is 0.416 e. The van der Waals surface area contributed by atoms with E-state index >= 15 is 0 Å². The van der Waals surface area contributed by atoms with Gasteiger partial charge in [-0.25, -0.2) is 0 Å². The Morgan fingerprint density at radius 2 is 2.03 bits per heavy atom. The van der Waals surface area contributed by atoms with Crippen LogP contribution in [0.5, 0.6) is 5.75 Å².